The van der Waals surface area contributed by atoms with Crippen LogP contribution >= 0.6 is 0 Å². The van der Waals surface area contributed by atoms with Crippen molar-refractivity contribution in [2.75, 3.05) is 13.7 Å². The summed E-state index contributed by atoms with van der Waals surface area (Å²) in [5.74, 6) is 0.939. The molecule has 2 aliphatic carbocycles. The standard InChI is InChI=1S/C19H22N2O4.C2H6.C2H2/c1-9(22)11-8-12-14-7-10-3-4-13(21-23)17-15(10)19(12,5-6-20-14)18(25-17)16(11)24-2;2*1-2/h3-4,11-12,14,16,18,20H,5-8H2,1-2H3;1-2H3;1-2H/t11?,12?,14?,16?,18-,19?;;/m0../s1. The highest BCUT2D eigenvalue weighted by Gasteiger charge is 2.67. The number of hydrogen-bond donors (Lipinski definition) is 1. The predicted molar refractivity (Wildman–Crippen MR) is 112 cm³/mol. The van der Waals surface area contributed by atoms with E-state index in [-0.39, 0.29) is 29.3 Å². The average molecular weight is 399 g/mol. The van der Waals surface area contributed by atoms with E-state index in [1.807, 2.05) is 19.9 Å². The van der Waals surface area contributed by atoms with Crippen LogP contribution in [0.1, 0.15) is 44.7 Å². The fourth-order valence-electron chi connectivity index (χ4n) is 6.16. The third-order valence-corrected chi connectivity index (χ3v) is 7.07. The molecule has 2 heterocycles. The number of terminal acetylenes is 1. The summed E-state index contributed by atoms with van der Waals surface area (Å²) in [5, 5.41) is 6.86. The van der Waals surface area contributed by atoms with Crippen molar-refractivity contribution in [2.45, 2.75) is 63.7 Å². The predicted octanol–water partition coefficient (Wildman–Crippen LogP) is 3.52. The molecule has 0 amide bonds. The van der Waals surface area contributed by atoms with Crippen molar-refractivity contribution in [3.05, 3.63) is 28.2 Å². The number of piperidine rings is 1. The molecule has 5 rings (SSSR count). The van der Waals surface area contributed by atoms with Gasteiger partial charge in [0.25, 0.3) is 0 Å². The van der Waals surface area contributed by atoms with Gasteiger partial charge in [0.1, 0.15) is 23.7 Å². The van der Waals surface area contributed by atoms with Gasteiger partial charge >= 0.3 is 0 Å². The van der Waals surface area contributed by atoms with Crippen LogP contribution in [0.25, 0.3) is 0 Å². The van der Waals surface area contributed by atoms with Gasteiger partial charge in [-0.2, -0.15) is 0 Å². The molecule has 1 saturated carbocycles. The number of carbonyl (C=O) groups excluding carboxylic acids is 1. The van der Waals surface area contributed by atoms with Gasteiger partial charge in [-0.3, -0.25) is 4.79 Å². The first-order valence-electron chi connectivity index (χ1n) is 10.4. The summed E-state index contributed by atoms with van der Waals surface area (Å²) in [6.45, 7) is 6.56. The minimum atomic E-state index is -0.287. The number of carbonyl (C=O) groups is 1. The van der Waals surface area contributed by atoms with E-state index in [1.54, 1.807) is 20.1 Å². The fraction of sp³-hybridized carbons (Fsp3) is 0.609. The van der Waals surface area contributed by atoms with Gasteiger partial charge in [0.05, 0.1) is 0 Å². The van der Waals surface area contributed by atoms with Crippen LogP contribution in [0, 0.1) is 29.6 Å². The second-order valence-corrected chi connectivity index (χ2v) is 7.89. The molecular formula is C23H30N2O4. The molecule has 1 spiro atoms. The maximum Gasteiger partial charge on any atom is 0.153 e. The highest BCUT2D eigenvalue weighted by Crippen LogP contribution is 2.63. The molecule has 29 heavy (non-hydrogen) atoms. The van der Waals surface area contributed by atoms with Crippen molar-refractivity contribution < 1.29 is 14.3 Å². The number of rotatable bonds is 3. The molecule has 6 heteroatoms. The molecular weight excluding hydrogens is 368 g/mol. The summed E-state index contributed by atoms with van der Waals surface area (Å²) in [5.41, 5.74) is 2.61. The van der Waals surface area contributed by atoms with Gasteiger partial charge in [-0.15, -0.1) is 17.8 Å². The number of nitrogens with one attached hydrogen (secondary N) is 1. The molecule has 4 aliphatic rings. The van der Waals surface area contributed by atoms with E-state index in [0.29, 0.717) is 23.4 Å². The zero-order chi connectivity index (χ0) is 21.3. The maximum atomic E-state index is 12.3. The number of nitroso groups, excluding NO2 is 1. The number of benzene rings is 1. The Morgan fingerprint density at radius 2 is 2.07 bits per heavy atom. The van der Waals surface area contributed by atoms with Crippen molar-refractivity contribution in [1.82, 2.24) is 5.32 Å². The minimum absolute atomic E-state index is 0.152. The highest BCUT2D eigenvalue weighted by atomic mass is 16.5. The van der Waals surface area contributed by atoms with Gasteiger partial charge in [-0.1, -0.05) is 19.9 Å². The number of nitrogens with zero attached hydrogens (tertiary/aromatic N) is 1. The first-order valence-corrected chi connectivity index (χ1v) is 10.4. The molecule has 1 aromatic carbocycles. The lowest BCUT2D eigenvalue weighted by Gasteiger charge is -2.58. The molecule has 1 saturated heterocycles. The molecule has 5 unspecified atom stereocenters. The lowest BCUT2D eigenvalue weighted by molar-refractivity contribution is -0.147. The summed E-state index contributed by atoms with van der Waals surface area (Å²) >= 11 is 0. The van der Waals surface area contributed by atoms with Crippen LogP contribution in [0.5, 0.6) is 5.75 Å². The summed E-state index contributed by atoms with van der Waals surface area (Å²) < 4.78 is 12.2. The highest BCUT2D eigenvalue weighted by molar-refractivity contribution is 5.80. The van der Waals surface area contributed by atoms with Gasteiger partial charge in [0.2, 0.25) is 0 Å². The van der Waals surface area contributed by atoms with Crippen molar-refractivity contribution >= 4 is 11.5 Å². The zero-order valence-electron chi connectivity index (χ0n) is 17.6. The Morgan fingerprint density at radius 3 is 2.69 bits per heavy atom. The number of ketones is 1. The maximum absolute atomic E-state index is 12.3. The van der Waals surface area contributed by atoms with E-state index in [1.165, 1.54) is 11.1 Å². The Morgan fingerprint density at radius 1 is 1.34 bits per heavy atom. The van der Waals surface area contributed by atoms with Gasteiger partial charge in [0, 0.05) is 30.0 Å². The molecule has 2 bridgehead atoms. The smallest absolute Gasteiger partial charge is 0.153 e. The van der Waals surface area contributed by atoms with Gasteiger partial charge < -0.3 is 14.8 Å². The topological polar surface area (TPSA) is 77.0 Å². The van der Waals surface area contributed by atoms with Gasteiger partial charge in [-0.25, -0.2) is 0 Å². The lowest BCUT2D eigenvalue weighted by atomic mass is 9.50. The van der Waals surface area contributed by atoms with E-state index >= 15 is 0 Å². The van der Waals surface area contributed by atoms with E-state index in [2.05, 4.69) is 23.3 Å². The Bertz CT molecular complexity index is 821. The molecule has 2 fully saturated rings. The Labute approximate surface area is 172 Å². The fourth-order valence-corrected chi connectivity index (χ4v) is 6.16. The zero-order valence-corrected chi connectivity index (χ0v) is 17.6. The summed E-state index contributed by atoms with van der Waals surface area (Å²) in [6.07, 6.45) is 10.1. The molecule has 6 nitrogen and oxygen atoms in total. The number of hydrogen-bond acceptors (Lipinski definition) is 6. The third-order valence-electron chi connectivity index (χ3n) is 7.07. The number of methoxy groups -OCH3 is 1. The van der Waals surface area contributed by atoms with Crippen LogP contribution in [-0.4, -0.2) is 37.7 Å². The number of ether oxygens (including phenoxy) is 2. The molecule has 0 radical (unpaired) electrons. The quantitative estimate of drug-likeness (QED) is 0.623. The average Bonchev–Trinajstić information content (AvgIpc) is 3.09. The SMILES string of the molecule is C#C.CC.COC1C(C(C)=O)CC2C3Cc4ccc(N=O)c5c4C2(CCN3)[C@H]1O5. The first-order chi connectivity index (χ1) is 14.1. The van der Waals surface area contributed by atoms with Crippen LogP contribution in [0.15, 0.2) is 17.3 Å². The monoisotopic (exact) mass is 398 g/mol. The summed E-state index contributed by atoms with van der Waals surface area (Å²) in [4.78, 5) is 23.7. The summed E-state index contributed by atoms with van der Waals surface area (Å²) in [7, 11) is 1.66. The third kappa shape index (κ3) is 2.83. The van der Waals surface area contributed by atoms with Crippen molar-refractivity contribution in [3.63, 3.8) is 0 Å². The van der Waals surface area contributed by atoms with Crippen LogP contribution in [0.4, 0.5) is 5.69 Å². The minimum Gasteiger partial charge on any atom is -0.484 e. The van der Waals surface area contributed by atoms with Crippen molar-refractivity contribution in [2.24, 2.45) is 17.0 Å². The van der Waals surface area contributed by atoms with E-state index < -0.39 is 0 Å². The summed E-state index contributed by atoms with van der Waals surface area (Å²) in [6, 6.07) is 4.13. The second-order valence-electron chi connectivity index (χ2n) is 7.89. The molecule has 1 aromatic rings. The van der Waals surface area contributed by atoms with Gasteiger partial charge in [-0.05, 0) is 55.5 Å². The first kappa shape index (κ1) is 21.5. The van der Waals surface area contributed by atoms with Gasteiger partial charge in [0.15, 0.2) is 5.75 Å². The van der Waals surface area contributed by atoms with Crippen LogP contribution in [-0.2, 0) is 21.4 Å². The second kappa shape index (κ2) is 8.25. The molecule has 1 N–H and O–H groups in total. The Hall–Kier alpha value is -2.23. The van der Waals surface area contributed by atoms with Crippen molar-refractivity contribution in [3.8, 4) is 18.6 Å². The van der Waals surface area contributed by atoms with Crippen LogP contribution < -0.4 is 10.1 Å². The molecule has 2 aliphatic heterocycles. The van der Waals surface area contributed by atoms with Crippen LogP contribution in [0.2, 0.25) is 0 Å². The van der Waals surface area contributed by atoms with Crippen molar-refractivity contribution in [1.29, 1.82) is 0 Å². The largest absolute Gasteiger partial charge is 0.484 e. The Kier molecular flexibility index (Phi) is 6.11. The molecule has 0 aromatic heterocycles. The lowest BCUT2D eigenvalue weighted by Crippen LogP contribution is -2.68. The normalized spacial score (nSPS) is 34.9. The molecule has 156 valence electrons. The molecule has 6 atom stereocenters. The van der Waals surface area contributed by atoms with E-state index in [9.17, 15) is 9.70 Å². The van der Waals surface area contributed by atoms with E-state index in [4.69, 9.17) is 9.47 Å². The Balaban J connectivity index is 0.000000568. The van der Waals surface area contributed by atoms with E-state index in [0.717, 1.165) is 25.8 Å². The van der Waals surface area contributed by atoms with Crippen LogP contribution in [0.3, 0.4) is 0 Å². The number of Topliss-reactive ketones (excluding diaryl/α,β-unsaturated/α-hetero) is 1.